The van der Waals surface area contributed by atoms with E-state index >= 15 is 0 Å². The normalized spacial score (nSPS) is 18.9. The predicted octanol–water partition coefficient (Wildman–Crippen LogP) is 1.49. The fraction of sp³-hybridized carbons (Fsp3) is 0.471. The lowest BCUT2D eigenvalue weighted by molar-refractivity contribution is -0.163. The van der Waals surface area contributed by atoms with Crippen molar-refractivity contribution >= 4 is 11.7 Å². The SMILES string of the molecule is CC(C)=NOC(=O)CC(C)(C)CC1(O)OC(N)=C(C#N)C1=C(C#N)C#N. The van der Waals surface area contributed by atoms with Crippen LogP contribution in [-0.2, 0) is 14.4 Å². The lowest BCUT2D eigenvalue weighted by atomic mass is 9.78. The van der Waals surface area contributed by atoms with Crippen molar-refractivity contribution in [1.82, 2.24) is 0 Å². The summed E-state index contributed by atoms with van der Waals surface area (Å²) in [6.45, 7) is 6.62. The van der Waals surface area contributed by atoms with Crippen molar-refractivity contribution in [1.29, 1.82) is 15.8 Å². The van der Waals surface area contributed by atoms with Crippen LogP contribution in [-0.4, -0.2) is 22.6 Å². The Morgan fingerprint density at radius 3 is 2.38 bits per heavy atom. The Labute approximate surface area is 151 Å². The summed E-state index contributed by atoms with van der Waals surface area (Å²) < 4.78 is 5.22. The van der Waals surface area contributed by atoms with E-state index in [1.807, 2.05) is 0 Å². The summed E-state index contributed by atoms with van der Waals surface area (Å²) in [6.07, 6.45) is -0.364. The van der Waals surface area contributed by atoms with Crippen molar-refractivity contribution in [2.24, 2.45) is 16.3 Å². The van der Waals surface area contributed by atoms with Crippen LogP contribution in [0.15, 0.2) is 27.8 Å². The summed E-state index contributed by atoms with van der Waals surface area (Å²) in [5.74, 6) is -3.22. The number of aliphatic hydroxyl groups is 1. The number of carbonyl (C=O) groups excluding carboxylic acids is 1. The largest absolute Gasteiger partial charge is 0.442 e. The first-order chi connectivity index (χ1) is 12.0. The fourth-order valence-electron chi connectivity index (χ4n) is 2.57. The second-order valence-electron chi connectivity index (χ2n) is 6.73. The van der Waals surface area contributed by atoms with Crippen LogP contribution in [0.2, 0.25) is 0 Å². The van der Waals surface area contributed by atoms with Crippen LogP contribution in [0.25, 0.3) is 0 Å². The van der Waals surface area contributed by atoms with Crippen molar-refractivity contribution < 1.29 is 19.5 Å². The van der Waals surface area contributed by atoms with E-state index in [2.05, 4.69) is 5.16 Å². The third-order valence-corrected chi connectivity index (χ3v) is 3.42. The van der Waals surface area contributed by atoms with Gasteiger partial charge in [-0.3, -0.25) is 0 Å². The number of carbonyl (C=O) groups is 1. The third kappa shape index (κ3) is 4.60. The molecule has 9 nitrogen and oxygen atoms in total. The zero-order valence-electron chi connectivity index (χ0n) is 15.0. The highest BCUT2D eigenvalue weighted by Crippen LogP contribution is 2.45. The van der Waals surface area contributed by atoms with Crippen LogP contribution < -0.4 is 5.73 Å². The average molecular weight is 357 g/mol. The number of nitrogens with two attached hydrogens (primary N) is 1. The zero-order valence-corrected chi connectivity index (χ0v) is 15.0. The molecule has 0 bridgehead atoms. The molecule has 1 aliphatic rings. The summed E-state index contributed by atoms with van der Waals surface area (Å²) in [5, 5.41) is 41.9. The maximum Gasteiger partial charge on any atom is 0.335 e. The summed E-state index contributed by atoms with van der Waals surface area (Å²) in [5.41, 5.74) is 4.21. The average Bonchev–Trinajstić information content (AvgIpc) is 2.75. The first kappa shape index (κ1) is 20.7. The van der Waals surface area contributed by atoms with Gasteiger partial charge in [-0.15, -0.1) is 0 Å². The highest BCUT2D eigenvalue weighted by Gasteiger charge is 2.49. The standard InChI is InChI=1S/C17H19N5O4/c1-10(2)22-26-13(23)5-16(3,4)9-17(24)14(11(6-18)7-19)12(8-20)15(21)25-17/h24H,5,9,21H2,1-4H3. The first-order valence-corrected chi connectivity index (χ1v) is 7.57. The van der Waals surface area contributed by atoms with Gasteiger partial charge in [0.05, 0.1) is 17.7 Å². The van der Waals surface area contributed by atoms with Crippen molar-refractivity contribution in [2.75, 3.05) is 0 Å². The molecule has 9 heteroatoms. The topological polar surface area (TPSA) is 166 Å². The van der Waals surface area contributed by atoms with E-state index in [1.54, 1.807) is 45.9 Å². The van der Waals surface area contributed by atoms with Crippen molar-refractivity contribution in [2.45, 2.75) is 46.3 Å². The number of nitrogens with zero attached hydrogens (tertiary/aromatic N) is 4. The van der Waals surface area contributed by atoms with E-state index in [-0.39, 0.29) is 24.0 Å². The lowest BCUT2D eigenvalue weighted by Crippen LogP contribution is -2.38. The lowest BCUT2D eigenvalue weighted by Gasteiger charge is -2.33. The van der Waals surface area contributed by atoms with Gasteiger partial charge in [0.25, 0.3) is 0 Å². The van der Waals surface area contributed by atoms with Crippen LogP contribution in [0.1, 0.15) is 40.5 Å². The molecule has 3 N–H and O–H groups in total. The van der Waals surface area contributed by atoms with E-state index in [0.29, 0.717) is 5.71 Å². The zero-order chi connectivity index (χ0) is 20.1. The Morgan fingerprint density at radius 1 is 1.35 bits per heavy atom. The number of rotatable bonds is 5. The molecule has 0 aromatic carbocycles. The van der Waals surface area contributed by atoms with Gasteiger partial charge in [-0.25, -0.2) is 4.79 Å². The van der Waals surface area contributed by atoms with Crippen LogP contribution in [0, 0.1) is 39.4 Å². The quantitative estimate of drug-likeness (QED) is 0.323. The number of oxime groups is 1. The maximum absolute atomic E-state index is 11.9. The van der Waals surface area contributed by atoms with E-state index < -0.39 is 28.6 Å². The Kier molecular flexibility index (Phi) is 6.12. The summed E-state index contributed by atoms with van der Waals surface area (Å²) in [4.78, 5) is 16.6. The molecule has 1 rings (SSSR count). The highest BCUT2D eigenvalue weighted by atomic mass is 16.7. The van der Waals surface area contributed by atoms with Gasteiger partial charge in [-0.2, -0.15) is 15.8 Å². The summed E-state index contributed by atoms with van der Waals surface area (Å²) in [7, 11) is 0. The molecule has 1 unspecified atom stereocenters. The van der Waals surface area contributed by atoms with Crippen molar-refractivity contribution in [3.63, 3.8) is 0 Å². The van der Waals surface area contributed by atoms with Crippen LogP contribution in [0.3, 0.4) is 0 Å². The minimum atomic E-state index is -2.19. The predicted molar refractivity (Wildman–Crippen MR) is 89.0 cm³/mol. The Morgan fingerprint density at radius 2 is 1.92 bits per heavy atom. The van der Waals surface area contributed by atoms with E-state index in [0.717, 1.165) is 0 Å². The molecule has 0 saturated carbocycles. The molecule has 0 spiro atoms. The van der Waals surface area contributed by atoms with Gasteiger partial charge in [0.15, 0.2) is 0 Å². The van der Waals surface area contributed by atoms with Gasteiger partial charge in [0.1, 0.15) is 29.4 Å². The molecule has 0 fully saturated rings. The van der Waals surface area contributed by atoms with Gasteiger partial charge in [0.2, 0.25) is 11.7 Å². The second kappa shape index (κ2) is 7.69. The molecule has 0 radical (unpaired) electrons. The molecule has 1 aliphatic heterocycles. The van der Waals surface area contributed by atoms with Crippen LogP contribution >= 0.6 is 0 Å². The second-order valence-corrected chi connectivity index (χ2v) is 6.73. The third-order valence-electron chi connectivity index (χ3n) is 3.42. The summed E-state index contributed by atoms with van der Waals surface area (Å²) >= 11 is 0. The molecule has 0 amide bonds. The van der Waals surface area contributed by atoms with E-state index in [4.69, 9.17) is 25.8 Å². The molecule has 1 atom stereocenters. The maximum atomic E-state index is 11.9. The van der Waals surface area contributed by atoms with Gasteiger partial charge in [0, 0.05) is 6.42 Å². The smallest absolute Gasteiger partial charge is 0.335 e. The first-order valence-electron chi connectivity index (χ1n) is 7.57. The molecule has 0 aromatic rings. The summed E-state index contributed by atoms with van der Waals surface area (Å²) in [6, 6.07) is 4.97. The minimum Gasteiger partial charge on any atom is -0.442 e. The van der Waals surface area contributed by atoms with Crippen molar-refractivity contribution in [3.8, 4) is 18.2 Å². The van der Waals surface area contributed by atoms with Crippen LogP contribution in [0.4, 0.5) is 0 Å². The fourth-order valence-corrected chi connectivity index (χ4v) is 2.57. The monoisotopic (exact) mass is 357 g/mol. The minimum absolute atomic E-state index is 0.140. The number of ether oxygens (including phenoxy) is 1. The number of hydrogen-bond donors (Lipinski definition) is 2. The van der Waals surface area contributed by atoms with Gasteiger partial charge >= 0.3 is 5.97 Å². The number of nitriles is 3. The molecule has 26 heavy (non-hydrogen) atoms. The Balaban J connectivity index is 3.18. The molecule has 136 valence electrons. The molecular weight excluding hydrogens is 338 g/mol. The van der Waals surface area contributed by atoms with Gasteiger partial charge in [-0.05, 0) is 19.3 Å². The highest BCUT2D eigenvalue weighted by molar-refractivity contribution is 5.80. The van der Waals surface area contributed by atoms with Gasteiger partial charge < -0.3 is 20.4 Å². The molecule has 0 saturated heterocycles. The van der Waals surface area contributed by atoms with Gasteiger partial charge in [-0.1, -0.05) is 19.0 Å². The van der Waals surface area contributed by atoms with Crippen LogP contribution in [0.5, 0.6) is 0 Å². The number of allylic oxidation sites excluding steroid dienone is 1. The molecular formula is C17H19N5O4. The van der Waals surface area contributed by atoms with E-state index in [1.165, 1.54) is 0 Å². The molecule has 0 aliphatic carbocycles. The van der Waals surface area contributed by atoms with E-state index in [9.17, 15) is 15.2 Å². The molecule has 0 aromatic heterocycles. The number of hydrogen-bond acceptors (Lipinski definition) is 9. The Bertz CT molecular complexity index is 813. The van der Waals surface area contributed by atoms with Crippen molar-refractivity contribution in [3.05, 3.63) is 22.6 Å². The molecule has 1 heterocycles. The Hall–Kier alpha value is -3.35.